The first kappa shape index (κ1) is 18.0. The summed E-state index contributed by atoms with van der Waals surface area (Å²) in [5, 5.41) is 3.47. The van der Waals surface area contributed by atoms with Gasteiger partial charge in [-0.2, -0.15) is 0 Å². The van der Waals surface area contributed by atoms with Crippen molar-refractivity contribution >= 4 is 5.96 Å². The van der Waals surface area contributed by atoms with E-state index < -0.39 is 0 Å². The summed E-state index contributed by atoms with van der Waals surface area (Å²) in [6, 6.07) is 6.24. The molecule has 2 saturated heterocycles. The fraction of sp³-hybridized carbons (Fsp3) is 0.632. The molecule has 1 N–H and O–H groups in total. The van der Waals surface area contributed by atoms with Gasteiger partial charge in [0.1, 0.15) is 11.9 Å². The Morgan fingerprint density at radius 2 is 2.16 bits per heavy atom. The first-order chi connectivity index (χ1) is 12.2. The van der Waals surface area contributed by atoms with E-state index in [-0.39, 0.29) is 12.2 Å². The number of hydrogen-bond acceptors (Lipinski definition) is 4. The zero-order chi connectivity index (χ0) is 17.6. The number of aliphatic imine (C=N–C) groups is 1. The Morgan fingerprint density at radius 1 is 1.32 bits per heavy atom. The lowest BCUT2D eigenvalue weighted by molar-refractivity contribution is -0.0817. The summed E-state index contributed by atoms with van der Waals surface area (Å²) < 4.78 is 17.0. The Balaban J connectivity index is 1.57. The third kappa shape index (κ3) is 4.44. The molecule has 138 valence electrons. The van der Waals surface area contributed by atoms with Crippen molar-refractivity contribution in [3.63, 3.8) is 0 Å². The molecule has 6 nitrogen and oxygen atoms in total. The lowest BCUT2D eigenvalue weighted by Crippen LogP contribution is -2.53. The summed E-state index contributed by atoms with van der Waals surface area (Å²) in [5.41, 5.74) is 2.35. The number of hydrogen-bond donors (Lipinski definition) is 1. The SMILES string of the molecule is CN=C(NCc1ccc(OC)c(C)c1)N1CCOC(C2CCCO2)C1. The van der Waals surface area contributed by atoms with E-state index in [9.17, 15) is 0 Å². The van der Waals surface area contributed by atoms with E-state index in [2.05, 4.69) is 34.3 Å². The van der Waals surface area contributed by atoms with Crippen molar-refractivity contribution in [3.8, 4) is 5.75 Å². The molecule has 6 heteroatoms. The maximum atomic E-state index is 5.93. The van der Waals surface area contributed by atoms with E-state index in [0.717, 1.165) is 56.4 Å². The van der Waals surface area contributed by atoms with Crippen LogP contribution in [0.3, 0.4) is 0 Å². The second-order valence-corrected chi connectivity index (χ2v) is 6.61. The summed E-state index contributed by atoms with van der Waals surface area (Å²) in [4.78, 5) is 6.72. The van der Waals surface area contributed by atoms with E-state index in [0.29, 0.717) is 6.61 Å². The quantitative estimate of drug-likeness (QED) is 0.667. The highest BCUT2D eigenvalue weighted by molar-refractivity contribution is 5.80. The van der Waals surface area contributed by atoms with Gasteiger partial charge in [0, 0.05) is 33.3 Å². The third-order valence-electron chi connectivity index (χ3n) is 4.89. The summed E-state index contributed by atoms with van der Waals surface area (Å²) in [5.74, 6) is 1.83. The molecule has 2 aliphatic rings. The van der Waals surface area contributed by atoms with E-state index in [1.54, 1.807) is 7.11 Å². The van der Waals surface area contributed by atoms with Crippen LogP contribution in [0, 0.1) is 6.92 Å². The number of rotatable bonds is 4. The van der Waals surface area contributed by atoms with Gasteiger partial charge in [0.15, 0.2) is 5.96 Å². The minimum atomic E-state index is 0.137. The highest BCUT2D eigenvalue weighted by Gasteiger charge is 2.32. The molecule has 2 unspecified atom stereocenters. The predicted octanol–water partition coefficient (Wildman–Crippen LogP) is 1.96. The van der Waals surface area contributed by atoms with Crippen molar-refractivity contribution in [3.05, 3.63) is 29.3 Å². The Labute approximate surface area is 150 Å². The largest absolute Gasteiger partial charge is 0.496 e. The lowest BCUT2D eigenvalue weighted by Gasteiger charge is -2.37. The third-order valence-corrected chi connectivity index (χ3v) is 4.89. The van der Waals surface area contributed by atoms with Crippen molar-refractivity contribution in [1.82, 2.24) is 10.2 Å². The van der Waals surface area contributed by atoms with Gasteiger partial charge in [-0.3, -0.25) is 4.99 Å². The molecule has 0 radical (unpaired) electrons. The zero-order valence-electron chi connectivity index (χ0n) is 15.5. The monoisotopic (exact) mass is 347 g/mol. The average Bonchev–Trinajstić information content (AvgIpc) is 3.17. The van der Waals surface area contributed by atoms with Crippen LogP contribution >= 0.6 is 0 Å². The van der Waals surface area contributed by atoms with Crippen molar-refractivity contribution in [2.24, 2.45) is 4.99 Å². The van der Waals surface area contributed by atoms with Gasteiger partial charge in [0.2, 0.25) is 0 Å². The number of nitrogens with one attached hydrogen (secondary N) is 1. The van der Waals surface area contributed by atoms with E-state index in [1.165, 1.54) is 5.56 Å². The van der Waals surface area contributed by atoms with E-state index in [1.807, 2.05) is 13.1 Å². The van der Waals surface area contributed by atoms with Crippen LogP contribution in [0.25, 0.3) is 0 Å². The molecule has 3 rings (SSSR count). The molecule has 2 aliphatic heterocycles. The number of aryl methyl sites for hydroxylation is 1. The molecule has 0 saturated carbocycles. The van der Waals surface area contributed by atoms with Gasteiger partial charge in [0.25, 0.3) is 0 Å². The first-order valence-corrected chi connectivity index (χ1v) is 9.03. The smallest absolute Gasteiger partial charge is 0.194 e. The Morgan fingerprint density at radius 3 is 2.84 bits per heavy atom. The van der Waals surface area contributed by atoms with Crippen molar-refractivity contribution < 1.29 is 14.2 Å². The van der Waals surface area contributed by atoms with Crippen molar-refractivity contribution in [1.29, 1.82) is 0 Å². The molecule has 0 aromatic heterocycles. The molecule has 1 aromatic rings. The summed E-state index contributed by atoms with van der Waals surface area (Å²) in [7, 11) is 3.53. The molecule has 2 atom stereocenters. The van der Waals surface area contributed by atoms with Crippen LogP contribution < -0.4 is 10.1 Å². The molecule has 25 heavy (non-hydrogen) atoms. The molecular formula is C19H29N3O3. The van der Waals surface area contributed by atoms with Crippen LogP contribution in [0.1, 0.15) is 24.0 Å². The second-order valence-electron chi connectivity index (χ2n) is 6.61. The minimum Gasteiger partial charge on any atom is -0.496 e. The number of methoxy groups -OCH3 is 1. The topological polar surface area (TPSA) is 55.3 Å². The first-order valence-electron chi connectivity index (χ1n) is 9.03. The summed E-state index contributed by atoms with van der Waals surface area (Å²) in [6.07, 6.45) is 2.59. The van der Waals surface area contributed by atoms with Crippen molar-refractivity contribution in [2.45, 2.75) is 38.5 Å². The van der Waals surface area contributed by atoms with Gasteiger partial charge < -0.3 is 24.4 Å². The molecule has 2 heterocycles. The molecule has 0 amide bonds. The number of guanidine groups is 1. The highest BCUT2D eigenvalue weighted by atomic mass is 16.5. The van der Waals surface area contributed by atoms with Crippen LogP contribution in [0.4, 0.5) is 0 Å². The molecule has 0 bridgehead atoms. The molecular weight excluding hydrogens is 318 g/mol. The normalized spacial score (nSPS) is 24.4. The number of morpholine rings is 1. The van der Waals surface area contributed by atoms with Gasteiger partial charge >= 0.3 is 0 Å². The fourth-order valence-electron chi connectivity index (χ4n) is 3.55. The molecule has 0 aliphatic carbocycles. The molecule has 0 spiro atoms. The second kappa shape index (κ2) is 8.54. The summed E-state index contributed by atoms with van der Waals surface area (Å²) in [6.45, 7) is 6.04. The lowest BCUT2D eigenvalue weighted by atomic mass is 10.1. The van der Waals surface area contributed by atoms with Gasteiger partial charge in [0.05, 0.1) is 19.8 Å². The van der Waals surface area contributed by atoms with Gasteiger partial charge in [-0.05, 0) is 37.0 Å². The maximum absolute atomic E-state index is 5.93. The van der Waals surface area contributed by atoms with E-state index >= 15 is 0 Å². The average molecular weight is 347 g/mol. The summed E-state index contributed by atoms with van der Waals surface area (Å²) >= 11 is 0. The van der Waals surface area contributed by atoms with Crippen LogP contribution in [0.5, 0.6) is 5.75 Å². The molecule has 2 fully saturated rings. The Kier molecular flexibility index (Phi) is 6.15. The maximum Gasteiger partial charge on any atom is 0.194 e. The number of benzene rings is 1. The Bertz CT molecular complexity index is 600. The van der Waals surface area contributed by atoms with Gasteiger partial charge in [-0.25, -0.2) is 0 Å². The van der Waals surface area contributed by atoms with Gasteiger partial charge in [-0.1, -0.05) is 12.1 Å². The highest BCUT2D eigenvalue weighted by Crippen LogP contribution is 2.21. The minimum absolute atomic E-state index is 0.137. The fourth-order valence-corrected chi connectivity index (χ4v) is 3.55. The van der Waals surface area contributed by atoms with Crippen LogP contribution in [-0.4, -0.2) is 63.5 Å². The molecule has 1 aromatic carbocycles. The predicted molar refractivity (Wildman–Crippen MR) is 98.2 cm³/mol. The number of ether oxygens (including phenoxy) is 3. The zero-order valence-corrected chi connectivity index (χ0v) is 15.5. The Hall–Kier alpha value is -1.79. The van der Waals surface area contributed by atoms with Crippen LogP contribution in [0.2, 0.25) is 0 Å². The number of nitrogens with zero attached hydrogens (tertiary/aromatic N) is 2. The van der Waals surface area contributed by atoms with Crippen LogP contribution in [-0.2, 0) is 16.0 Å². The van der Waals surface area contributed by atoms with E-state index in [4.69, 9.17) is 14.2 Å². The van der Waals surface area contributed by atoms with Crippen molar-refractivity contribution in [2.75, 3.05) is 40.5 Å². The van der Waals surface area contributed by atoms with Gasteiger partial charge in [-0.15, -0.1) is 0 Å². The van der Waals surface area contributed by atoms with Crippen LogP contribution in [0.15, 0.2) is 23.2 Å². The standard InChI is InChI=1S/C19H29N3O3/c1-14-11-15(6-7-16(14)23-3)12-21-19(20-2)22-8-10-25-18(13-22)17-5-4-9-24-17/h6-7,11,17-18H,4-5,8-10,12-13H2,1-3H3,(H,20,21).